The topological polar surface area (TPSA) is 82.3 Å². The number of nitrogens with two attached hydrogens (primary N) is 1. The summed E-state index contributed by atoms with van der Waals surface area (Å²) in [5.41, 5.74) is 7.29. The molecular weight excluding hydrogens is 276 g/mol. The molecule has 0 unspecified atom stereocenters. The van der Waals surface area contributed by atoms with E-state index >= 15 is 0 Å². The van der Waals surface area contributed by atoms with Gasteiger partial charge in [-0.1, -0.05) is 12.1 Å². The smallest absolute Gasteiger partial charge is 0.217 e. The van der Waals surface area contributed by atoms with Gasteiger partial charge in [0.25, 0.3) is 0 Å². The Bertz CT molecular complexity index is 727. The summed E-state index contributed by atoms with van der Waals surface area (Å²) in [5, 5.41) is 0. The summed E-state index contributed by atoms with van der Waals surface area (Å²) in [7, 11) is -2.04. The highest BCUT2D eigenvalue weighted by molar-refractivity contribution is 7.90. The van der Waals surface area contributed by atoms with E-state index in [1.54, 1.807) is 37.4 Å². The molecule has 0 fully saturated rings. The van der Waals surface area contributed by atoms with Gasteiger partial charge in [0.2, 0.25) is 5.88 Å². The third-order valence-electron chi connectivity index (χ3n) is 2.94. The van der Waals surface area contributed by atoms with E-state index in [4.69, 9.17) is 10.5 Å². The van der Waals surface area contributed by atoms with Crippen molar-refractivity contribution in [2.24, 2.45) is 0 Å². The first-order chi connectivity index (χ1) is 9.44. The molecule has 0 radical (unpaired) electrons. The molecule has 0 saturated carbocycles. The minimum absolute atomic E-state index is 0.172. The van der Waals surface area contributed by atoms with Crippen LogP contribution in [0.2, 0.25) is 0 Å². The van der Waals surface area contributed by atoms with Crippen molar-refractivity contribution in [3.05, 3.63) is 47.7 Å². The van der Waals surface area contributed by atoms with Crippen molar-refractivity contribution in [2.75, 3.05) is 12.8 Å². The third-order valence-corrected chi connectivity index (χ3v) is 4.74. The molecule has 0 saturated heterocycles. The van der Waals surface area contributed by atoms with Gasteiger partial charge in [0.05, 0.1) is 17.8 Å². The summed E-state index contributed by atoms with van der Waals surface area (Å²) in [6, 6.07) is 8.22. The van der Waals surface area contributed by atoms with Gasteiger partial charge in [0.15, 0.2) is 9.84 Å². The lowest BCUT2D eigenvalue weighted by molar-refractivity contribution is 0.394. The predicted molar refractivity (Wildman–Crippen MR) is 77.3 cm³/mol. The Morgan fingerprint density at radius 2 is 2.05 bits per heavy atom. The maximum absolute atomic E-state index is 12.5. The lowest BCUT2D eigenvalue weighted by atomic mass is 10.2. The number of hydrogen-bond donors (Lipinski definition) is 1. The van der Waals surface area contributed by atoms with Gasteiger partial charge >= 0.3 is 0 Å². The van der Waals surface area contributed by atoms with E-state index in [-0.39, 0.29) is 10.6 Å². The molecule has 1 heterocycles. The Hall–Kier alpha value is -2.08. The number of aromatic nitrogens is 1. The van der Waals surface area contributed by atoms with Gasteiger partial charge in [-0.15, -0.1) is 0 Å². The number of nitrogens with zero attached hydrogens (tertiary/aromatic N) is 1. The highest BCUT2D eigenvalue weighted by atomic mass is 32.2. The number of ether oxygens (including phenoxy) is 1. The Morgan fingerprint density at radius 1 is 1.30 bits per heavy atom. The van der Waals surface area contributed by atoms with Crippen LogP contribution in [0, 0.1) is 6.92 Å². The predicted octanol–water partition coefficient (Wildman–Crippen LogP) is 1.95. The number of sulfone groups is 1. The summed E-state index contributed by atoms with van der Waals surface area (Å²) in [4.78, 5) is 4.24. The number of methoxy groups -OCH3 is 1. The van der Waals surface area contributed by atoms with E-state index in [1.165, 1.54) is 13.2 Å². The van der Waals surface area contributed by atoms with Crippen LogP contribution in [0.1, 0.15) is 11.1 Å². The number of aryl methyl sites for hydroxylation is 1. The lowest BCUT2D eigenvalue weighted by Crippen LogP contribution is -2.09. The largest absolute Gasteiger partial charge is 0.481 e. The van der Waals surface area contributed by atoms with Crippen molar-refractivity contribution < 1.29 is 13.2 Å². The number of nitrogen functional groups attached to an aromatic ring is 1. The van der Waals surface area contributed by atoms with E-state index in [1.807, 2.05) is 0 Å². The van der Waals surface area contributed by atoms with Crippen molar-refractivity contribution in [3.8, 4) is 5.88 Å². The van der Waals surface area contributed by atoms with Crippen LogP contribution < -0.4 is 10.5 Å². The number of rotatable bonds is 4. The Labute approximate surface area is 118 Å². The number of benzene rings is 1. The van der Waals surface area contributed by atoms with Gasteiger partial charge in [-0.3, -0.25) is 0 Å². The molecular formula is C14H16N2O3S. The van der Waals surface area contributed by atoms with Crippen molar-refractivity contribution in [2.45, 2.75) is 17.6 Å². The minimum Gasteiger partial charge on any atom is -0.481 e. The Balaban J connectivity index is 2.43. The van der Waals surface area contributed by atoms with Gasteiger partial charge in [-0.25, -0.2) is 13.4 Å². The summed E-state index contributed by atoms with van der Waals surface area (Å²) in [5.74, 6) is 0.145. The standard InChI is InChI=1S/C14H16N2O3S/c1-10-5-6-12(15)8-13(10)20(17,18)9-11-4-3-7-16-14(11)19-2/h3-8H,9,15H2,1-2H3. The van der Waals surface area contributed by atoms with Crippen LogP contribution in [0.15, 0.2) is 41.4 Å². The number of hydrogen-bond acceptors (Lipinski definition) is 5. The van der Waals surface area contributed by atoms with Crippen LogP contribution in [0.5, 0.6) is 5.88 Å². The maximum atomic E-state index is 12.5. The molecule has 0 aliphatic heterocycles. The average Bonchev–Trinajstić information content (AvgIpc) is 2.41. The molecule has 1 aromatic carbocycles. The van der Waals surface area contributed by atoms with Gasteiger partial charge in [-0.05, 0) is 30.7 Å². The molecule has 0 spiro atoms. The normalized spacial score (nSPS) is 11.3. The number of pyridine rings is 1. The molecule has 0 amide bonds. The molecule has 0 aliphatic carbocycles. The van der Waals surface area contributed by atoms with E-state index in [2.05, 4.69) is 4.98 Å². The molecule has 20 heavy (non-hydrogen) atoms. The summed E-state index contributed by atoms with van der Waals surface area (Å²) >= 11 is 0. The van der Waals surface area contributed by atoms with Gasteiger partial charge in [-0.2, -0.15) is 0 Å². The molecule has 0 atom stereocenters. The second-order valence-electron chi connectivity index (χ2n) is 4.46. The summed E-state index contributed by atoms with van der Waals surface area (Å²) < 4.78 is 30.1. The highest BCUT2D eigenvalue weighted by Crippen LogP contribution is 2.25. The van der Waals surface area contributed by atoms with E-state index in [9.17, 15) is 8.42 Å². The van der Waals surface area contributed by atoms with Crippen LogP contribution in [0.4, 0.5) is 5.69 Å². The molecule has 2 rings (SSSR count). The van der Waals surface area contributed by atoms with E-state index in [0.717, 1.165) is 0 Å². The van der Waals surface area contributed by atoms with E-state index < -0.39 is 9.84 Å². The van der Waals surface area contributed by atoms with Crippen molar-refractivity contribution in [3.63, 3.8) is 0 Å². The SMILES string of the molecule is COc1ncccc1CS(=O)(=O)c1cc(N)ccc1C. The molecule has 106 valence electrons. The van der Waals surface area contributed by atoms with Gasteiger partial charge in [0.1, 0.15) is 0 Å². The first-order valence-electron chi connectivity index (χ1n) is 6.01. The quantitative estimate of drug-likeness (QED) is 0.871. The molecule has 5 nitrogen and oxygen atoms in total. The Kier molecular flexibility index (Phi) is 3.94. The Morgan fingerprint density at radius 3 is 2.75 bits per heavy atom. The number of anilines is 1. The molecule has 2 aromatic rings. The zero-order valence-electron chi connectivity index (χ0n) is 11.3. The monoisotopic (exact) mass is 292 g/mol. The molecule has 0 bridgehead atoms. The highest BCUT2D eigenvalue weighted by Gasteiger charge is 2.20. The first kappa shape index (κ1) is 14.3. The third kappa shape index (κ3) is 2.91. The van der Waals surface area contributed by atoms with Crippen LogP contribution in [0.25, 0.3) is 0 Å². The van der Waals surface area contributed by atoms with Crippen molar-refractivity contribution >= 4 is 15.5 Å². The summed E-state index contributed by atoms with van der Waals surface area (Å²) in [6.45, 7) is 1.74. The second kappa shape index (κ2) is 5.50. The van der Waals surface area contributed by atoms with Crippen molar-refractivity contribution in [1.82, 2.24) is 4.98 Å². The zero-order valence-corrected chi connectivity index (χ0v) is 12.1. The van der Waals surface area contributed by atoms with Gasteiger partial charge in [0, 0.05) is 17.4 Å². The second-order valence-corrected chi connectivity index (χ2v) is 6.41. The first-order valence-corrected chi connectivity index (χ1v) is 7.66. The van der Waals surface area contributed by atoms with Crippen LogP contribution in [-0.4, -0.2) is 20.5 Å². The maximum Gasteiger partial charge on any atom is 0.217 e. The van der Waals surface area contributed by atoms with E-state index in [0.29, 0.717) is 22.7 Å². The average molecular weight is 292 g/mol. The molecule has 1 aromatic heterocycles. The molecule has 0 aliphatic rings. The summed E-state index contributed by atoms with van der Waals surface area (Å²) in [6.07, 6.45) is 1.56. The van der Waals surface area contributed by atoms with Gasteiger partial charge < -0.3 is 10.5 Å². The fourth-order valence-electron chi connectivity index (χ4n) is 1.95. The minimum atomic E-state index is -3.50. The molecule has 2 N–H and O–H groups in total. The fourth-order valence-corrected chi connectivity index (χ4v) is 3.61. The van der Waals surface area contributed by atoms with Crippen LogP contribution in [0.3, 0.4) is 0 Å². The lowest BCUT2D eigenvalue weighted by Gasteiger charge is -2.10. The van der Waals surface area contributed by atoms with Crippen molar-refractivity contribution in [1.29, 1.82) is 0 Å². The zero-order chi connectivity index (χ0) is 14.8. The van der Waals surface area contributed by atoms with Crippen LogP contribution in [-0.2, 0) is 15.6 Å². The molecule has 6 heteroatoms. The fraction of sp³-hybridized carbons (Fsp3) is 0.214. The van der Waals surface area contributed by atoms with Crippen LogP contribution >= 0.6 is 0 Å².